The normalized spacial score (nSPS) is 15.1. The molecule has 1 aromatic rings. The Morgan fingerprint density at radius 3 is 2.07 bits per heavy atom. The van der Waals surface area contributed by atoms with E-state index >= 15 is 0 Å². The van der Waals surface area contributed by atoms with Gasteiger partial charge in [-0.25, -0.2) is 0 Å². The highest BCUT2D eigenvalue weighted by Gasteiger charge is 2.10. The first-order chi connectivity index (χ1) is 13.0. The van der Waals surface area contributed by atoms with Gasteiger partial charge in [-0.3, -0.25) is 10.9 Å². The van der Waals surface area contributed by atoms with Gasteiger partial charge >= 0.3 is 0 Å². The van der Waals surface area contributed by atoms with Crippen LogP contribution in [0.4, 0.5) is 11.4 Å². The maximum absolute atomic E-state index is 5.29. The van der Waals surface area contributed by atoms with Crippen LogP contribution in [0.25, 0.3) is 0 Å². The average Bonchev–Trinajstić information content (AvgIpc) is 2.71. The van der Waals surface area contributed by atoms with Crippen molar-refractivity contribution in [1.29, 1.82) is 0 Å². The maximum atomic E-state index is 5.29. The van der Waals surface area contributed by atoms with Crippen molar-refractivity contribution in [2.75, 3.05) is 43.4 Å². The van der Waals surface area contributed by atoms with Gasteiger partial charge in [0.2, 0.25) is 0 Å². The smallest absolute Gasteiger partial charge is 0.191 e. The summed E-state index contributed by atoms with van der Waals surface area (Å²) in [6.07, 6.45) is 0. The minimum absolute atomic E-state index is 0.413. The molecule has 0 aliphatic carbocycles. The Morgan fingerprint density at radius 1 is 0.963 bits per heavy atom. The molecule has 0 unspecified atom stereocenters. The Morgan fingerprint density at radius 2 is 1.52 bits per heavy atom. The number of benzene rings is 1. The number of piperazine rings is 1. The van der Waals surface area contributed by atoms with E-state index in [0.29, 0.717) is 21.6 Å². The summed E-state index contributed by atoms with van der Waals surface area (Å²) in [7, 11) is 1.73. The molecular formula is C17H26N8S2. The van der Waals surface area contributed by atoms with Gasteiger partial charge in [0.25, 0.3) is 0 Å². The topological polar surface area (TPSA) is 88.1 Å². The van der Waals surface area contributed by atoms with E-state index in [1.165, 1.54) is 5.69 Å². The second-order valence-electron chi connectivity index (χ2n) is 5.94. The molecule has 1 heterocycles. The summed E-state index contributed by atoms with van der Waals surface area (Å²) >= 11 is 10.3. The number of hydrazone groups is 2. The molecule has 1 aliphatic rings. The van der Waals surface area contributed by atoms with Gasteiger partial charge in [0.15, 0.2) is 10.2 Å². The van der Waals surface area contributed by atoms with Gasteiger partial charge in [0.05, 0.1) is 11.4 Å². The Balaban J connectivity index is 1.84. The Labute approximate surface area is 170 Å². The van der Waals surface area contributed by atoms with E-state index in [4.69, 9.17) is 24.4 Å². The van der Waals surface area contributed by atoms with Crippen molar-refractivity contribution in [3.63, 3.8) is 0 Å². The minimum Gasteiger partial charge on any atom is -0.369 e. The lowest BCUT2D eigenvalue weighted by Crippen LogP contribution is -2.43. The molecule has 0 amide bonds. The van der Waals surface area contributed by atoms with Gasteiger partial charge in [-0.05, 0) is 62.5 Å². The first-order valence-electron chi connectivity index (χ1n) is 8.69. The van der Waals surface area contributed by atoms with E-state index in [9.17, 15) is 0 Å². The highest BCUT2D eigenvalue weighted by molar-refractivity contribution is 7.80. The predicted octanol–water partition coefficient (Wildman–Crippen LogP) is 1.23. The first-order valence-corrected chi connectivity index (χ1v) is 9.50. The zero-order valence-corrected chi connectivity index (χ0v) is 17.4. The molecule has 0 aromatic heterocycles. The van der Waals surface area contributed by atoms with Crippen LogP contribution in [0, 0.1) is 0 Å². The summed E-state index contributed by atoms with van der Waals surface area (Å²) in [6, 6.07) is 8.21. The molecule has 1 aliphatic heterocycles. The van der Waals surface area contributed by atoms with Crippen molar-refractivity contribution >= 4 is 57.5 Å². The van der Waals surface area contributed by atoms with Crippen LogP contribution in [0.3, 0.4) is 0 Å². The fourth-order valence-corrected chi connectivity index (χ4v) is 2.53. The average molecular weight is 407 g/mol. The second-order valence-corrected chi connectivity index (χ2v) is 6.75. The predicted molar refractivity (Wildman–Crippen MR) is 122 cm³/mol. The van der Waals surface area contributed by atoms with Crippen LogP contribution in [0.15, 0.2) is 34.5 Å². The largest absolute Gasteiger partial charge is 0.369 e. The van der Waals surface area contributed by atoms with Crippen molar-refractivity contribution in [1.82, 2.24) is 21.5 Å². The van der Waals surface area contributed by atoms with Crippen LogP contribution in [-0.2, 0) is 0 Å². The Kier molecular flexibility index (Phi) is 8.37. The summed E-state index contributed by atoms with van der Waals surface area (Å²) in [5.41, 5.74) is 9.06. The molecule has 1 fully saturated rings. The highest BCUT2D eigenvalue weighted by atomic mass is 32.1. The number of anilines is 2. The van der Waals surface area contributed by atoms with Crippen LogP contribution in [0.2, 0.25) is 0 Å². The van der Waals surface area contributed by atoms with Gasteiger partial charge < -0.3 is 20.9 Å². The molecule has 0 bridgehead atoms. The number of thiocarbonyl (C=S) groups is 2. The van der Waals surface area contributed by atoms with E-state index in [1.807, 2.05) is 26.0 Å². The maximum Gasteiger partial charge on any atom is 0.191 e. The molecule has 8 nitrogen and oxygen atoms in total. The number of nitrogens with zero attached hydrogens (tertiary/aromatic N) is 3. The van der Waals surface area contributed by atoms with Crippen LogP contribution in [-0.4, -0.2) is 54.9 Å². The zero-order valence-electron chi connectivity index (χ0n) is 15.8. The summed E-state index contributed by atoms with van der Waals surface area (Å²) in [4.78, 5) is 2.36. The van der Waals surface area contributed by atoms with Gasteiger partial charge in [0, 0.05) is 44.6 Å². The number of rotatable bonds is 5. The molecule has 5 N–H and O–H groups in total. The number of nitrogens with one attached hydrogen (secondary N) is 5. The van der Waals surface area contributed by atoms with Crippen molar-refractivity contribution < 1.29 is 0 Å². The summed E-state index contributed by atoms with van der Waals surface area (Å²) in [5, 5.41) is 18.5. The lowest BCUT2D eigenvalue weighted by Gasteiger charge is -2.29. The Bertz CT molecular complexity index is 708. The molecule has 1 aromatic carbocycles. The molecule has 1 saturated heterocycles. The minimum atomic E-state index is 0.413. The molecule has 27 heavy (non-hydrogen) atoms. The zero-order chi connectivity index (χ0) is 19.6. The third-order valence-corrected chi connectivity index (χ3v) is 4.50. The van der Waals surface area contributed by atoms with E-state index < -0.39 is 0 Å². The quantitative estimate of drug-likeness (QED) is 0.284. The molecule has 0 atom stereocenters. The first kappa shape index (κ1) is 21.0. The summed E-state index contributed by atoms with van der Waals surface area (Å²) in [6.45, 7) is 7.75. The molecule has 2 rings (SSSR count). The third-order valence-electron chi connectivity index (χ3n) is 4.01. The SMILES string of the molecule is CNC(=S)NN=C(C)C(C)=NNC(=S)Nc1ccc(N2CCNCC2)cc1. The number of hydrogen-bond donors (Lipinski definition) is 5. The molecule has 0 saturated carbocycles. The monoisotopic (exact) mass is 406 g/mol. The fourth-order valence-electron chi connectivity index (χ4n) is 2.32. The van der Waals surface area contributed by atoms with E-state index in [1.54, 1.807) is 7.05 Å². The molecule has 0 spiro atoms. The molecule has 10 heteroatoms. The van der Waals surface area contributed by atoms with E-state index in [-0.39, 0.29) is 0 Å². The Hall–Kier alpha value is -2.30. The highest BCUT2D eigenvalue weighted by Crippen LogP contribution is 2.18. The van der Waals surface area contributed by atoms with E-state index in [2.05, 4.69) is 54.0 Å². The summed E-state index contributed by atoms with van der Waals surface area (Å²) in [5.74, 6) is 0. The fraction of sp³-hybridized carbons (Fsp3) is 0.412. The molecule has 146 valence electrons. The van der Waals surface area contributed by atoms with Crippen LogP contribution in [0.1, 0.15) is 13.8 Å². The third kappa shape index (κ3) is 7.08. The van der Waals surface area contributed by atoms with Crippen molar-refractivity contribution in [2.45, 2.75) is 13.8 Å². The van der Waals surface area contributed by atoms with Crippen LogP contribution < -0.4 is 31.7 Å². The molecule has 0 radical (unpaired) electrons. The van der Waals surface area contributed by atoms with Gasteiger partial charge in [-0.15, -0.1) is 0 Å². The molecular weight excluding hydrogens is 380 g/mol. The van der Waals surface area contributed by atoms with Gasteiger partial charge in [-0.2, -0.15) is 10.2 Å². The number of hydrogen-bond acceptors (Lipinski definition) is 6. The van der Waals surface area contributed by atoms with Gasteiger partial charge in [0.1, 0.15) is 0 Å². The van der Waals surface area contributed by atoms with Crippen LogP contribution >= 0.6 is 24.4 Å². The van der Waals surface area contributed by atoms with Gasteiger partial charge in [-0.1, -0.05) is 0 Å². The van der Waals surface area contributed by atoms with Crippen molar-refractivity contribution in [2.24, 2.45) is 10.2 Å². The second kappa shape index (κ2) is 10.8. The standard InChI is InChI=1S/C17H26N8S2/c1-12(21-23-16(26)18-3)13(2)22-24-17(27)20-14-4-6-15(7-5-14)25-10-8-19-9-11-25/h4-7,19H,8-11H2,1-3H3,(H2,18,23,26)(H2,20,24,27). The lowest BCUT2D eigenvalue weighted by atomic mass is 10.2. The lowest BCUT2D eigenvalue weighted by molar-refractivity contribution is 0.589. The van der Waals surface area contributed by atoms with Crippen LogP contribution in [0.5, 0.6) is 0 Å². The van der Waals surface area contributed by atoms with Crippen molar-refractivity contribution in [3.8, 4) is 0 Å². The summed E-state index contributed by atoms with van der Waals surface area (Å²) < 4.78 is 0. The van der Waals surface area contributed by atoms with E-state index in [0.717, 1.165) is 31.9 Å². The van der Waals surface area contributed by atoms with Crippen molar-refractivity contribution in [3.05, 3.63) is 24.3 Å².